The van der Waals surface area contributed by atoms with Crippen LogP contribution in [0.5, 0.6) is 0 Å². The van der Waals surface area contributed by atoms with Gasteiger partial charge in [0.1, 0.15) is 5.82 Å². The molecule has 4 heteroatoms. The standard InChI is InChI=1S/C18H16FN3/c1-11-2-9-16-15(10-11)17(12-3-4-12)21-22-18(20-16)13-5-7-14(19)8-6-13/h2,5-10,12H,3-4H2,1H3,(H,20,22). The van der Waals surface area contributed by atoms with Crippen LogP contribution >= 0.6 is 0 Å². The Labute approximate surface area is 128 Å². The minimum Gasteiger partial charge on any atom is -0.261 e. The molecule has 2 aromatic rings. The van der Waals surface area contributed by atoms with E-state index in [4.69, 9.17) is 4.99 Å². The van der Waals surface area contributed by atoms with Crippen LogP contribution in [0.1, 0.15) is 29.5 Å². The van der Waals surface area contributed by atoms with E-state index >= 15 is 0 Å². The molecule has 0 amide bonds. The lowest BCUT2D eigenvalue weighted by molar-refractivity contribution is 0.627. The zero-order valence-electron chi connectivity index (χ0n) is 12.3. The molecule has 0 spiro atoms. The second kappa shape index (κ2) is 5.05. The SMILES string of the molecule is Cc1ccc2c(c1)C(C1CC1)=NNC(c1ccc(F)cc1)=N2. The monoisotopic (exact) mass is 293 g/mol. The molecule has 0 atom stereocenters. The summed E-state index contributed by atoms with van der Waals surface area (Å²) in [4.78, 5) is 4.71. The first-order valence-corrected chi connectivity index (χ1v) is 7.50. The summed E-state index contributed by atoms with van der Waals surface area (Å²) in [5.74, 6) is 0.924. The van der Waals surface area contributed by atoms with E-state index in [2.05, 4.69) is 29.6 Å². The molecule has 110 valence electrons. The lowest BCUT2D eigenvalue weighted by Crippen LogP contribution is -2.19. The predicted octanol–water partition coefficient (Wildman–Crippen LogP) is 3.93. The Hall–Kier alpha value is -2.49. The number of rotatable bonds is 2. The molecule has 2 aromatic carbocycles. The van der Waals surface area contributed by atoms with Crippen LogP contribution in [0.4, 0.5) is 10.1 Å². The van der Waals surface area contributed by atoms with E-state index in [9.17, 15) is 4.39 Å². The first-order valence-electron chi connectivity index (χ1n) is 7.50. The number of halogens is 1. The van der Waals surface area contributed by atoms with Crippen molar-refractivity contribution in [3.05, 3.63) is 65.0 Å². The van der Waals surface area contributed by atoms with E-state index in [1.165, 1.54) is 30.5 Å². The third-order valence-electron chi connectivity index (χ3n) is 4.02. The van der Waals surface area contributed by atoms with Gasteiger partial charge < -0.3 is 0 Å². The Balaban J connectivity index is 1.82. The first kappa shape index (κ1) is 13.2. The Bertz CT molecular complexity index is 786. The quantitative estimate of drug-likeness (QED) is 0.895. The molecule has 0 radical (unpaired) electrons. The van der Waals surface area contributed by atoms with Crippen molar-refractivity contribution in [3.63, 3.8) is 0 Å². The number of amidine groups is 1. The van der Waals surface area contributed by atoms with Gasteiger partial charge in [-0.25, -0.2) is 9.38 Å². The van der Waals surface area contributed by atoms with Crippen molar-refractivity contribution in [1.82, 2.24) is 5.43 Å². The molecule has 3 nitrogen and oxygen atoms in total. The number of nitrogens with one attached hydrogen (secondary N) is 1. The van der Waals surface area contributed by atoms with Gasteiger partial charge in [0, 0.05) is 17.0 Å². The van der Waals surface area contributed by atoms with Gasteiger partial charge in [-0.1, -0.05) is 11.6 Å². The number of aliphatic imine (C=N–C) groups is 1. The minimum absolute atomic E-state index is 0.254. The molecule has 4 rings (SSSR count). The van der Waals surface area contributed by atoms with Crippen LogP contribution in [0.2, 0.25) is 0 Å². The minimum atomic E-state index is -0.254. The van der Waals surface area contributed by atoms with Crippen LogP contribution in [0.25, 0.3) is 0 Å². The summed E-state index contributed by atoms with van der Waals surface area (Å²) in [5, 5.41) is 4.59. The van der Waals surface area contributed by atoms with Crippen LogP contribution in [-0.4, -0.2) is 11.5 Å². The normalized spacial score (nSPS) is 17.0. The van der Waals surface area contributed by atoms with Gasteiger partial charge in [0.25, 0.3) is 0 Å². The fourth-order valence-corrected chi connectivity index (χ4v) is 2.68. The van der Waals surface area contributed by atoms with E-state index in [0.717, 1.165) is 22.5 Å². The summed E-state index contributed by atoms with van der Waals surface area (Å²) >= 11 is 0. The number of aryl methyl sites for hydroxylation is 1. The maximum Gasteiger partial charge on any atom is 0.154 e. The van der Waals surface area contributed by atoms with Crippen LogP contribution in [-0.2, 0) is 0 Å². The molecule has 1 fully saturated rings. The van der Waals surface area contributed by atoms with E-state index in [1.54, 1.807) is 12.1 Å². The lowest BCUT2D eigenvalue weighted by atomic mass is 10.0. The number of nitrogens with zero attached hydrogens (tertiary/aromatic N) is 2. The smallest absolute Gasteiger partial charge is 0.154 e. The molecule has 1 aliphatic carbocycles. The molecule has 1 aliphatic heterocycles. The number of hydrazone groups is 1. The lowest BCUT2D eigenvalue weighted by Gasteiger charge is -2.06. The first-order chi connectivity index (χ1) is 10.7. The molecule has 0 bridgehead atoms. The van der Waals surface area contributed by atoms with Gasteiger partial charge in [-0.15, -0.1) is 0 Å². The summed E-state index contributed by atoms with van der Waals surface area (Å²) in [5.41, 5.74) is 8.20. The second-order valence-electron chi connectivity index (χ2n) is 5.87. The highest BCUT2D eigenvalue weighted by Gasteiger charge is 2.31. The van der Waals surface area contributed by atoms with E-state index < -0.39 is 0 Å². The summed E-state index contributed by atoms with van der Waals surface area (Å²) in [6.45, 7) is 2.08. The van der Waals surface area contributed by atoms with Crippen molar-refractivity contribution in [2.75, 3.05) is 0 Å². The Kier molecular flexibility index (Phi) is 3.03. The van der Waals surface area contributed by atoms with Crippen LogP contribution in [0.15, 0.2) is 52.6 Å². The maximum absolute atomic E-state index is 13.1. The number of hydrogen-bond acceptors (Lipinski definition) is 3. The third-order valence-corrected chi connectivity index (χ3v) is 4.02. The highest BCUT2D eigenvalue weighted by molar-refractivity contribution is 6.11. The van der Waals surface area contributed by atoms with Crippen molar-refractivity contribution < 1.29 is 4.39 Å². The van der Waals surface area contributed by atoms with Gasteiger partial charge in [0.05, 0.1) is 11.4 Å². The van der Waals surface area contributed by atoms with Crippen molar-refractivity contribution in [2.45, 2.75) is 19.8 Å². The molecule has 0 saturated heterocycles. The fourth-order valence-electron chi connectivity index (χ4n) is 2.68. The predicted molar refractivity (Wildman–Crippen MR) is 86.2 cm³/mol. The molecule has 0 unspecified atom stereocenters. The van der Waals surface area contributed by atoms with Gasteiger partial charge in [-0.2, -0.15) is 5.10 Å². The van der Waals surface area contributed by atoms with Crippen molar-refractivity contribution in [2.24, 2.45) is 16.0 Å². The summed E-state index contributed by atoms with van der Waals surface area (Å²) < 4.78 is 13.1. The van der Waals surface area contributed by atoms with Crippen LogP contribution in [0, 0.1) is 18.7 Å². The molecule has 1 heterocycles. The number of benzene rings is 2. The van der Waals surface area contributed by atoms with Crippen molar-refractivity contribution in [3.8, 4) is 0 Å². The fraction of sp³-hybridized carbons (Fsp3) is 0.222. The van der Waals surface area contributed by atoms with Gasteiger partial charge in [-0.05, 0) is 56.2 Å². The van der Waals surface area contributed by atoms with E-state index in [0.29, 0.717) is 11.8 Å². The average molecular weight is 293 g/mol. The Morgan fingerprint density at radius 1 is 1.09 bits per heavy atom. The Morgan fingerprint density at radius 2 is 1.86 bits per heavy atom. The average Bonchev–Trinajstić information content (AvgIpc) is 3.33. The molecular weight excluding hydrogens is 277 g/mol. The van der Waals surface area contributed by atoms with Crippen molar-refractivity contribution >= 4 is 17.2 Å². The molecule has 2 aliphatic rings. The highest BCUT2D eigenvalue weighted by atomic mass is 19.1. The van der Waals surface area contributed by atoms with Gasteiger partial charge in [0.15, 0.2) is 5.84 Å². The molecule has 1 saturated carbocycles. The van der Waals surface area contributed by atoms with Gasteiger partial charge >= 0.3 is 0 Å². The number of hydrogen-bond donors (Lipinski definition) is 1. The maximum atomic E-state index is 13.1. The van der Waals surface area contributed by atoms with Crippen molar-refractivity contribution in [1.29, 1.82) is 0 Å². The molecule has 1 N–H and O–H groups in total. The van der Waals surface area contributed by atoms with Crippen LogP contribution < -0.4 is 5.43 Å². The summed E-state index contributed by atoms with van der Waals surface area (Å²) in [7, 11) is 0. The summed E-state index contributed by atoms with van der Waals surface area (Å²) in [6, 6.07) is 12.5. The van der Waals surface area contributed by atoms with E-state index in [1.807, 2.05) is 6.07 Å². The zero-order valence-corrected chi connectivity index (χ0v) is 12.3. The second-order valence-corrected chi connectivity index (χ2v) is 5.87. The molecule has 22 heavy (non-hydrogen) atoms. The Morgan fingerprint density at radius 3 is 2.59 bits per heavy atom. The topological polar surface area (TPSA) is 36.8 Å². The largest absolute Gasteiger partial charge is 0.261 e. The highest BCUT2D eigenvalue weighted by Crippen LogP contribution is 2.37. The summed E-state index contributed by atoms with van der Waals surface area (Å²) in [6.07, 6.45) is 2.36. The van der Waals surface area contributed by atoms with E-state index in [-0.39, 0.29) is 5.82 Å². The molecule has 0 aromatic heterocycles. The van der Waals surface area contributed by atoms with Gasteiger partial charge in [-0.3, -0.25) is 5.43 Å². The zero-order chi connectivity index (χ0) is 15.1. The van der Waals surface area contributed by atoms with Crippen LogP contribution in [0.3, 0.4) is 0 Å². The number of fused-ring (bicyclic) bond motifs is 1. The molecular formula is C18H16FN3. The van der Waals surface area contributed by atoms with Gasteiger partial charge in [0.2, 0.25) is 0 Å². The third kappa shape index (κ3) is 2.41.